The molecule has 3 heteroatoms. The van der Waals surface area contributed by atoms with Gasteiger partial charge in [-0.3, -0.25) is 4.79 Å². The highest BCUT2D eigenvalue weighted by atomic mass is 16.1. The van der Waals surface area contributed by atoms with E-state index in [2.05, 4.69) is 49.6 Å². The van der Waals surface area contributed by atoms with E-state index in [0.29, 0.717) is 18.9 Å². The van der Waals surface area contributed by atoms with Crippen molar-refractivity contribution in [2.45, 2.75) is 33.1 Å². The van der Waals surface area contributed by atoms with E-state index in [1.807, 2.05) is 30.3 Å². The van der Waals surface area contributed by atoms with E-state index in [4.69, 9.17) is 0 Å². The SMILES string of the molecule is Cc1ccc(NCCC(=O)Nc2ccccc2C(C)C)cc1. The Balaban J connectivity index is 1.84. The molecule has 116 valence electrons. The summed E-state index contributed by atoms with van der Waals surface area (Å²) in [6, 6.07) is 16.1. The Morgan fingerprint density at radius 2 is 1.73 bits per heavy atom. The van der Waals surface area contributed by atoms with Crippen molar-refractivity contribution in [2.75, 3.05) is 17.2 Å². The van der Waals surface area contributed by atoms with Gasteiger partial charge in [-0.25, -0.2) is 0 Å². The molecule has 3 nitrogen and oxygen atoms in total. The van der Waals surface area contributed by atoms with Crippen LogP contribution in [0.1, 0.15) is 37.3 Å². The van der Waals surface area contributed by atoms with Gasteiger partial charge in [-0.15, -0.1) is 0 Å². The summed E-state index contributed by atoms with van der Waals surface area (Å²) >= 11 is 0. The van der Waals surface area contributed by atoms with Crippen LogP contribution in [-0.4, -0.2) is 12.5 Å². The zero-order valence-corrected chi connectivity index (χ0v) is 13.5. The van der Waals surface area contributed by atoms with Gasteiger partial charge in [0.05, 0.1) is 0 Å². The standard InChI is InChI=1S/C19H24N2O/c1-14(2)17-6-4-5-7-18(17)21-19(22)12-13-20-16-10-8-15(3)9-11-16/h4-11,14,20H,12-13H2,1-3H3,(H,21,22). The van der Waals surface area contributed by atoms with E-state index in [-0.39, 0.29) is 5.91 Å². The number of nitrogens with one attached hydrogen (secondary N) is 2. The number of amides is 1. The van der Waals surface area contributed by atoms with Gasteiger partial charge >= 0.3 is 0 Å². The van der Waals surface area contributed by atoms with E-state index in [1.54, 1.807) is 0 Å². The lowest BCUT2D eigenvalue weighted by Crippen LogP contribution is -2.17. The Kier molecular flexibility index (Phi) is 5.59. The molecule has 0 saturated heterocycles. The number of anilines is 2. The smallest absolute Gasteiger partial charge is 0.226 e. The Morgan fingerprint density at radius 1 is 1.05 bits per heavy atom. The van der Waals surface area contributed by atoms with Crippen molar-refractivity contribution in [1.82, 2.24) is 0 Å². The molecule has 22 heavy (non-hydrogen) atoms. The normalized spacial score (nSPS) is 10.5. The van der Waals surface area contributed by atoms with Crippen LogP contribution in [0, 0.1) is 6.92 Å². The largest absolute Gasteiger partial charge is 0.385 e. The van der Waals surface area contributed by atoms with Gasteiger partial charge in [0.2, 0.25) is 5.91 Å². The van der Waals surface area contributed by atoms with Crippen molar-refractivity contribution in [3.63, 3.8) is 0 Å². The third-order valence-corrected chi connectivity index (χ3v) is 3.59. The number of hydrogen-bond acceptors (Lipinski definition) is 2. The van der Waals surface area contributed by atoms with Gasteiger partial charge in [-0.05, 0) is 36.6 Å². The highest BCUT2D eigenvalue weighted by molar-refractivity contribution is 5.91. The maximum atomic E-state index is 12.1. The summed E-state index contributed by atoms with van der Waals surface area (Å²) in [5.74, 6) is 0.426. The Bertz CT molecular complexity index is 618. The second-order valence-corrected chi connectivity index (χ2v) is 5.83. The van der Waals surface area contributed by atoms with Crippen molar-refractivity contribution in [3.05, 3.63) is 59.7 Å². The van der Waals surface area contributed by atoms with E-state index >= 15 is 0 Å². The average molecular weight is 296 g/mol. The average Bonchev–Trinajstić information content (AvgIpc) is 2.49. The van der Waals surface area contributed by atoms with Crippen LogP contribution in [0.4, 0.5) is 11.4 Å². The van der Waals surface area contributed by atoms with Gasteiger partial charge in [-0.2, -0.15) is 0 Å². The fourth-order valence-electron chi connectivity index (χ4n) is 2.32. The first-order valence-electron chi connectivity index (χ1n) is 7.75. The number of benzene rings is 2. The molecule has 2 rings (SSSR count). The maximum Gasteiger partial charge on any atom is 0.226 e. The van der Waals surface area contributed by atoms with Gasteiger partial charge in [0.1, 0.15) is 0 Å². The van der Waals surface area contributed by atoms with E-state index in [9.17, 15) is 4.79 Å². The molecule has 0 saturated carbocycles. The predicted molar refractivity (Wildman–Crippen MR) is 93.4 cm³/mol. The first-order chi connectivity index (χ1) is 10.6. The molecule has 0 aromatic heterocycles. The molecule has 2 N–H and O–H groups in total. The first-order valence-corrected chi connectivity index (χ1v) is 7.75. The van der Waals surface area contributed by atoms with Crippen molar-refractivity contribution in [2.24, 2.45) is 0 Å². The molecule has 2 aromatic rings. The fraction of sp³-hybridized carbons (Fsp3) is 0.316. The minimum atomic E-state index is 0.0349. The molecule has 0 fully saturated rings. The highest BCUT2D eigenvalue weighted by Crippen LogP contribution is 2.23. The van der Waals surface area contributed by atoms with E-state index in [1.165, 1.54) is 11.1 Å². The van der Waals surface area contributed by atoms with Crippen LogP contribution in [0.5, 0.6) is 0 Å². The summed E-state index contributed by atoms with van der Waals surface area (Å²) in [6.45, 7) is 6.94. The number of carbonyl (C=O) groups excluding carboxylic acids is 1. The van der Waals surface area contributed by atoms with Crippen LogP contribution in [0.25, 0.3) is 0 Å². The van der Waals surface area contributed by atoms with Gasteiger partial charge < -0.3 is 10.6 Å². The number of hydrogen-bond donors (Lipinski definition) is 2. The minimum Gasteiger partial charge on any atom is -0.385 e. The third-order valence-electron chi connectivity index (χ3n) is 3.59. The molecule has 0 aliphatic rings. The fourth-order valence-corrected chi connectivity index (χ4v) is 2.32. The van der Waals surface area contributed by atoms with Crippen LogP contribution in [0.2, 0.25) is 0 Å². The number of aryl methyl sites for hydroxylation is 1. The van der Waals surface area contributed by atoms with Crippen LogP contribution in [-0.2, 0) is 4.79 Å². The van der Waals surface area contributed by atoms with Crippen molar-refractivity contribution in [1.29, 1.82) is 0 Å². The summed E-state index contributed by atoms with van der Waals surface area (Å²) in [7, 11) is 0. The summed E-state index contributed by atoms with van der Waals surface area (Å²) in [6.07, 6.45) is 0.445. The van der Waals surface area contributed by atoms with Crippen molar-refractivity contribution >= 4 is 17.3 Å². The van der Waals surface area contributed by atoms with Crippen molar-refractivity contribution < 1.29 is 4.79 Å². The molecule has 0 radical (unpaired) electrons. The summed E-state index contributed by atoms with van der Waals surface area (Å²) < 4.78 is 0. The molecular weight excluding hydrogens is 272 g/mol. The summed E-state index contributed by atoms with van der Waals surface area (Å²) in [4.78, 5) is 12.1. The van der Waals surface area contributed by atoms with E-state index < -0.39 is 0 Å². The number of para-hydroxylation sites is 1. The first kappa shape index (κ1) is 16.1. The molecule has 0 atom stereocenters. The van der Waals surface area contributed by atoms with Gasteiger partial charge in [-0.1, -0.05) is 49.7 Å². The Hall–Kier alpha value is -2.29. The van der Waals surface area contributed by atoms with Crippen LogP contribution in [0.15, 0.2) is 48.5 Å². The maximum absolute atomic E-state index is 12.1. The lowest BCUT2D eigenvalue weighted by Gasteiger charge is -2.14. The summed E-state index contributed by atoms with van der Waals surface area (Å²) in [5.41, 5.74) is 4.36. The predicted octanol–water partition coefficient (Wildman–Crippen LogP) is 4.56. The monoisotopic (exact) mass is 296 g/mol. The number of carbonyl (C=O) groups is 1. The zero-order chi connectivity index (χ0) is 15.9. The molecule has 2 aromatic carbocycles. The van der Waals surface area contributed by atoms with Crippen LogP contribution in [0.3, 0.4) is 0 Å². The van der Waals surface area contributed by atoms with Gasteiger partial charge in [0.25, 0.3) is 0 Å². The lowest BCUT2D eigenvalue weighted by atomic mass is 10.0. The lowest BCUT2D eigenvalue weighted by molar-refractivity contribution is -0.115. The van der Waals surface area contributed by atoms with Gasteiger partial charge in [0, 0.05) is 24.3 Å². The van der Waals surface area contributed by atoms with Crippen molar-refractivity contribution in [3.8, 4) is 0 Å². The van der Waals surface area contributed by atoms with Crippen LogP contribution >= 0.6 is 0 Å². The molecule has 0 heterocycles. The quantitative estimate of drug-likeness (QED) is 0.820. The second kappa shape index (κ2) is 7.64. The molecule has 1 amide bonds. The molecule has 0 spiro atoms. The highest BCUT2D eigenvalue weighted by Gasteiger charge is 2.08. The molecule has 0 aliphatic carbocycles. The molecular formula is C19H24N2O. The van der Waals surface area contributed by atoms with E-state index in [0.717, 1.165) is 11.4 Å². The molecule has 0 aliphatic heterocycles. The Labute approximate surface area is 132 Å². The third kappa shape index (κ3) is 4.62. The summed E-state index contributed by atoms with van der Waals surface area (Å²) in [5, 5.41) is 6.27. The minimum absolute atomic E-state index is 0.0349. The molecule has 0 unspecified atom stereocenters. The van der Waals surface area contributed by atoms with Gasteiger partial charge in [0.15, 0.2) is 0 Å². The molecule has 0 bridgehead atoms. The Morgan fingerprint density at radius 3 is 2.41 bits per heavy atom. The van der Waals surface area contributed by atoms with Crippen LogP contribution < -0.4 is 10.6 Å². The number of rotatable bonds is 6. The second-order valence-electron chi connectivity index (χ2n) is 5.83. The zero-order valence-electron chi connectivity index (χ0n) is 13.5. The topological polar surface area (TPSA) is 41.1 Å².